The lowest BCUT2D eigenvalue weighted by Crippen LogP contribution is -1.81. The number of hydrogen-bond acceptors (Lipinski definition) is 3. The molecule has 0 fully saturated rings. The Kier molecular flexibility index (Phi) is 6.50. The van der Waals surface area contributed by atoms with E-state index in [0.29, 0.717) is 5.02 Å². The molecule has 0 aliphatic carbocycles. The highest BCUT2D eigenvalue weighted by Crippen LogP contribution is 2.35. The molecule has 0 N–H and O–H groups in total. The Hall–Kier alpha value is -1.98. The highest BCUT2D eigenvalue weighted by molar-refractivity contribution is 9.10. The first kappa shape index (κ1) is 17.4. The molecule has 0 heterocycles. The maximum absolute atomic E-state index is 8.87. The number of thioether (sulfide) groups is 1. The molecular weight excluding hydrogens is 392 g/mol. The summed E-state index contributed by atoms with van der Waals surface area (Å²) in [6.07, 6.45) is 3.30. The zero-order valence-electron chi connectivity index (χ0n) is 11.8. The Morgan fingerprint density at radius 3 is 2.13 bits per heavy atom. The zero-order chi connectivity index (χ0) is 16.7. The summed E-state index contributed by atoms with van der Waals surface area (Å²) in [5.41, 5.74) is 1.03. The Balaban J connectivity index is 2.39. The van der Waals surface area contributed by atoms with Crippen LogP contribution in [0.5, 0.6) is 0 Å². The molecule has 0 atom stereocenters. The van der Waals surface area contributed by atoms with Gasteiger partial charge in [0.05, 0.1) is 0 Å². The zero-order valence-corrected chi connectivity index (χ0v) is 15.0. The first-order valence-corrected chi connectivity index (χ1v) is 8.52. The van der Waals surface area contributed by atoms with E-state index < -0.39 is 0 Å². The van der Waals surface area contributed by atoms with Gasteiger partial charge in [0, 0.05) is 19.3 Å². The Bertz CT molecular complexity index is 809. The van der Waals surface area contributed by atoms with Gasteiger partial charge in [0.15, 0.2) is 0 Å². The number of nitrogens with zero attached hydrogens (tertiary/aromatic N) is 2. The van der Waals surface area contributed by atoms with Crippen molar-refractivity contribution in [1.82, 2.24) is 0 Å². The molecule has 0 aliphatic rings. The monoisotopic (exact) mass is 400 g/mol. The molecule has 5 heteroatoms. The highest BCUT2D eigenvalue weighted by Gasteiger charge is 2.05. The molecule has 112 valence electrons. The van der Waals surface area contributed by atoms with Gasteiger partial charge in [-0.3, -0.25) is 0 Å². The molecule has 0 saturated heterocycles. The van der Waals surface area contributed by atoms with E-state index in [-0.39, 0.29) is 5.57 Å². The van der Waals surface area contributed by atoms with E-state index in [1.165, 1.54) is 6.08 Å². The van der Waals surface area contributed by atoms with E-state index >= 15 is 0 Å². The Morgan fingerprint density at radius 1 is 0.957 bits per heavy atom. The lowest BCUT2D eigenvalue weighted by atomic mass is 10.2. The predicted molar refractivity (Wildman–Crippen MR) is 98.7 cm³/mol. The van der Waals surface area contributed by atoms with E-state index in [0.717, 1.165) is 19.8 Å². The second-order valence-electron chi connectivity index (χ2n) is 4.40. The lowest BCUT2D eigenvalue weighted by molar-refractivity contribution is 1.45. The quantitative estimate of drug-likeness (QED) is 0.347. The standard InChI is InChI=1S/C18H10BrClN2S/c19-15-4-8-17(9-5-15)23-18(10-1-13(11-21)12-22)14-2-6-16(20)7-3-14/h1-10H/b18-10-. The van der Waals surface area contributed by atoms with Gasteiger partial charge < -0.3 is 0 Å². The highest BCUT2D eigenvalue weighted by atomic mass is 79.9. The second kappa shape index (κ2) is 8.60. The van der Waals surface area contributed by atoms with Crippen molar-refractivity contribution in [2.45, 2.75) is 4.90 Å². The van der Waals surface area contributed by atoms with Gasteiger partial charge in [-0.15, -0.1) is 0 Å². The minimum absolute atomic E-state index is 0.0628. The van der Waals surface area contributed by atoms with Crippen LogP contribution in [0.3, 0.4) is 0 Å². The third-order valence-electron chi connectivity index (χ3n) is 2.81. The number of halogens is 2. The molecule has 0 radical (unpaired) electrons. The van der Waals surface area contributed by atoms with E-state index in [1.54, 1.807) is 17.8 Å². The molecule has 0 amide bonds. The molecule has 0 bridgehead atoms. The molecule has 0 spiro atoms. The van der Waals surface area contributed by atoms with Crippen molar-refractivity contribution in [3.8, 4) is 12.1 Å². The van der Waals surface area contributed by atoms with Crippen molar-refractivity contribution in [2.24, 2.45) is 0 Å². The number of hydrogen-bond donors (Lipinski definition) is 0. The summed E-state index contributed by atoms with van der Waals surface area (Å²) in [4.78, 5) is 1.98. The van der Waals surface area contributed by atoms with E-state index in [1.807, 2.05) is 60.7 Å². The summed E-state index contributed by atoms with van der Waals surface area (Å²) in [5, 5.41) is 18.4. The molecular formula is C18H10BrClN2S. The van der Waals surface area contributed by atoms with E-state index in [9.17, 15) is 0 Å². The molecule has 2 nitrogen and oxygen atoms in total. The lowest BCUT2D eigenvalue weighted by Gasteiger charge is -2.07. The van der Waals surface area contributed by atoms with Crippen LogP contribution in [-0.2, 0) is 0 Å². The summed E-state index contributed by atoms with van der Waals surface area (Å²) in [6, 6.07) is 19.1. The van der Waals surface area contributed by atoms with Crippen LogP contribution in [0.1, 0.15) is 5.56 Å². The fraction of sp³-hybridized carbons (Fsp3) is 0. The topological polar surface area (TPSA) is 47.6 Å². The number of allylic oxidation sites excluding steroid dienone is 3. The molecule has 2 rings (SSSR count). The number of benzene rings is 2. The van der Waals surface area contributed by atoms with Crippen LogP contribution < -0.4 is 0 Å². The molecule has 23 heavy (non-hydrogen) atoms. The molecule has 2 aromatic carbocycles. The smallest absolute Gasteiger partial charge is 0.129 e. The maximum atomic E-state index is 8.87. The second-order valence-corrected chi connectivity index (χ2v) is 6.87. The van der Waals surface area contributed by atoms with Crippen LogP contribution in [0, 0.1) is 22.7 Å². The van der Waals surface area contributed by atoms with Crippen LogP contribution in [0.4, 0.5) is 0 Å². The number of rotatable bonds is 4. The summed E-state index contributed by atoms with van der Waals surface area (Å²) in [6.45, 7) is 0. The van der Waals surface area contributed by atoms with Gasteiger partial charge in [-0.25, -0.2) is 0 Å². The molecule has 0 aromatic heterocycles. The van der Waals surface area contributed by atoms with Crippen LogP contribution in [0.25, 0.3) is 4.91 Å². The Labute approximate surface area is 152 Å². The predicted octanol–water partition coefficient (Wildman–Crippen LogP) is 6.21. The van der Waals surface area contributed by atoms with Crippen molar-refractivity contribution in [3.63, 3.8) is 0 Å². The first-order valence-electron chi connectivity index (χ1n) is 6.54. The van der Waals surface area contributed by atoms with Gasteiger partial charge in [-0.05, 0) is 54.1 Å². The fourth-order valence-electron chi connectivity index (χ4n) is 1.69. The van der Waals surface area contributed by atoms with E-state index in [4.69, 9.17) is 22.1 Å². The van der Waals surface area contributed by atoms with Gasteiger partial charge in [-0.2, -0.15) is 10.5 Å². The molecule has 0 saturated carbocycles. The maximum Gasteiger partial charge on any atom is 0.129 e. The van der Waals surface area contributed by atoms with Crippen molar-refractivity contribution in [2.75, 3.05) is 0 Å². The third kappa shape index (κ3) is 5.30. The normalized spacial score (nSPS) is 10.5. The van der Waals surface area contributed by atoms with Gasteiger partial charge in [0.25, 0.3) is 0 Å². The Morgan fingerprint density at radius 2 is 1.57 bits per heavy atom. The van der Waals surface area contributed by atoms with Crippen molar-refractivity contribution in [3.05, 3.63) is 81.3 Å². The van der Waals surface area contributed by atoms with Crippen LogP contribution in [-0.4, -0.2) is 0 Å². The number of nitriles is 2. The van der Waals surface area contributed by atoms with Gasteiger partial charge in [0.1, 0.15) is 17.7 Å². The van der Waals surface area contributed by atoms with Crippen molar-refractivity contribution >= 4 is 44.2 Å². The molecule has 2 aromatic rings. The average Bonchev–Trinajstić information content (AvgIpc) is 2.57. The summed E-state index contributed by atoms with van der Waals surface area (Å²) in [5.74, 6) is 0. The SMILES string of the molecule is N#CC(C#N)=C/C=C(\Sc1ccc(Br)cc1)c1ccc(Cl)cc1. The van der Waals surface area contributed by atoms with Crippen molar-refractivity contribution < 1.29 is 0 Å². The molecule has 0 unspecified atom stereocenters. The average molecular weight is 402 g/mol. The fourth-order valence-corrected chi connectivity index (χ4v) is 3.00. The minimum Gasteiger partial charge on any atom is -0.192 e. The van der Waals surface area contributed by atoms with Gasteiger partial charge >= 0.3 is 0 Å². The minimum atomic E-state index is 0.0628. The molecule has 0 aliphatic heterocycles. The van der Waals surface area contributed by atoms with Crippen LogP contribution >= 0.6 is 39.3 Å². The van der Waals surface area contributed by atoms with E-state index in [2.05, 4.69) is 15.9 Å². The largest absolute Gasteiger partial charge is 0.192 e. The first-order chi connectivity index (χ1) is 11.1. The van der Waals surface area contributed by atoms with Gasteiger partial charge in [-0.1, -0.05) is 51.4 Å². The summed E-state index contributed by atoms with van der Waals surface area (Å²) >= 11 is 10.9. The van der Waals surface area contributed by atoms with Crippen molar-refractivity contribution in [1.29, 1.82) is 10.5 Å². The summed E-state index contributed by atoms with van der Waals surface area (Å²) in [7, 11) is 0. The van der Waals surface area contributed by atoms with Crippen LogP contribution in [0.2, 0.25) is 5.02 Å². The summed E-state index contributed by atoms with van der Waals surface area (Å²) < 4.78 is 1.01. The van der Waals surface area contributed by atoms with Crippen LogP contribution in [0.15, 0.2) is 75.6 Å². The third-order valence-corrected chi connectivity index (χ3v) is 4.69. The van der Waals surface area contributed by atoms with Gasteiger partial charge in [0.2, 0.25) is 0 Å².